The van der Waals surface area contributed by atoms with Gasteiger partial charge in [-0.25, -0.2) is 9.37 Å². The lowest BCUT2D eigenvalue weighted by Crippen LogP contribution is -2.04. The molecule has 2 aromatic carbocycles. The number of nitrogens with zero attached hydrogens (tertiary/aromatic N) is 1. The van der Waals surface area contributed by atoms with Crippen LogP contribution in [0, 0.1) is 5.82 Å². The summed E-state index contributed by atoms with van der Waals surface area (Å²) >= 11 is 1.25. The Labute approximate surface area is 127 Å². The van der Waals surface area contributed by atoms with Gasteiger partial charge in [0.1, 0.15) is 17.7 Å². The highest BCUT2D eigenvalue weighted by atomic mass is 32.1. The van der Waals surface area contributed by atoms with Crippen molar-refractivity contribution in [2.75, 3.05) is 5.73 Å². The lowest BCUT2D eigenvalue weighted by Gasteiger charge is -2.03. The smallest absolute Gasteiger partial charge is 0.202 e. The van der Waals surface area contributed by atoms with Gasteiger partial charge in [-0.15, -0.1) is 0 Å². The molecular weight excluding hydrogens is 303 g/mol. The van der Waals surface area contributed by atoms with Gasteiger partial charge >= 0.3 is 0 Å². The molecule has 4 nitrogen and oxygen atoms in total. The maximum Gasteiger partial charge on any atom is 0.202 e. The molecule has 0 fully saturated rings. The Morgan fingerprint density at radius 2 is 1.91 bits per heavy atom. The van der Waals surface area contributed by atoms with Gasteiger partial charge in [0.05, 0.1) is 21.2 Å². The predicted molar refractivity (Wildman–Crippen MR) is 85.5 cm³/mol. The van der Waals surface area contributed by atoms with Crippen molar-refractivity contribution in [1.29, 1.82) is 0 Å². The van der Waals surface area contributed by atoms with Gasteiger partial charge in [-0.3, -0.25) is 4.79 Å². The van der Waals surface area contributed by atoms with Gasteiger partial charge in [-0.05, 0) is 29.8 Å². The van der Waals surface area contributed by atoms with Crippen LogP contribution in [-0.2, 0) is 0 Å². The van der Waals surface area contributed by atoms with Gasteiger partial charge in [0.2, 0.25) is 5.43 Å². The summed E-state index contributed by atoms with van der Waals surface area (Å²) < 4.78 is 19.3. The molecule has 0 amide bonds. The van der Waals surface area contributed by atoms with Gasteiger partial charge in [0.15, 0.2) is 5.13 Å². The van der Waals surface area contributed by atoms with Gasteiger partial charge in [-0.1, -0.05) is 23.5 Å². The Hall–Kier alpha value is -2.73. The monoisotopic (exact) mass is 312 g/mol. The van der Waals surface area contributed by atoms with Crippen LogP contribution in [-0.4, -0.2) is 4.98 Å². The van der Waals surface area contributed by atoms with E-state index in [-0.39, 0.29) is 11.2 Å². The average molecular weight is 312 g/mol. The van der Waals surface area contributed by atoms with E-state index in [1.807, 2.05) is 0 Å². The minimum atomic E-state index is -0.355. The zero-order valence-electron chi connectivity index (χ0n) is 11.2. The Kier molecular flexibility index (Phi) is 2.74. The van der Waals surface area contributed by atoms with Crippen molar-refractivity contribution < 1.29 is 8.81 Å². The van der Waals surface area contributed by atoms with Gasteiger partial charge in [0.25, 0.3) is 0 Å². The van der Waals surface area contributed by atoms with E-state index in [4.69, 9.17) is 10.2 Å². The molecule has 0 saturated heterocycles. The van der Waals surface area contributed by atoms with Crippen molar-refractivity contribution in [3.63, 3.8) is 0 Å². The molecule has 0 aliphatic rings. The minimum absolute atomic E-state index is 0.179. The Balaban J connectivity index is 2.09. The Bertz CT molecular complexity index is 1070. The summed E-state index contributed by atoms with van der Waals surface area (Å²) in [6.07, 6.45) is 1.40. The lowest BCUT2D eigenvalue weighted by molar-refractivity contribution is 0.605. The van der Waals surface area contributed by atoms with Crippen molar-refractivity contribution in [2.24, 2.45) is 0 Å². The summed E-state index contributed by atoms with van der Waals surface area (Å²) in [7, 11) is 0. The number of aromatic nitrogens is 1. The molecule has 0 saturated carbocycles. The van der Waals surface area contributed by atoms with Crippen molar-refractivity contribution >= 4 is 37.7 Å². The molecule has 0 aliphatic carbocycles. The van der Waals surface area contributed by atoms with Gasteiger partial charge < -0.3 is 10.2 Å². The lowest BCUT2D eigenvalue weighted by atomic mass is 10.1. The molecule has 2 heterocycles. The normalized spacial score (nSPS) is 11.3. The minimum Gasteiger partial charge on any atom is -0.463 e. The number of anilines is 1. The molecule has 0 atom stereocenters. The van der Waals surface area contributed by atoms with Crippen LogP contribution in [0.1, 0.15) is 0 Å². The number of hydrogen-bond donors (Lipinski definition) is 1. The third-order valence-electron chi connectivity index (χ3n) is 3.47. The van der Waals surface area contributed by atoms with Crippen LogP contribution in [0.25, 0.3) is 32.3 Å². The van der Waals surface area contributed by atoms with E-state index in [0.29, 0.717) is 37.4 Å². The molecule has 4 rings (SSSR count). The Morgan fingerprint density at radius 3 is 2.68 bits per heavy atom. The van der Waals surface area contributed by atoms with E-state index in [1.165, 1.54) is 29.7 Å². The summed E-state index contributed by atoms with van der Waals surface area (Å²) in [6.45, 7) is 0. The van der Waals surface area contributed by atoms with E-state index in [0.717, 1.165) is 0 Å². The summed E-state index contributed by atoms with van der Waals surface area (Å²) in [5, 5.41) is 0.850. The highest BCUT2D eigenvalue weighted by Gasteiger charge is 2.14. The first kappa shape index (κ1) is 13.0. The van der Waals surface area contributed by atoms with Crippen LogP contribution in [0.2, 0.25) is 0 Å². The zero-order valence-corrected chi connectivity index (χ0v) is 12.0. The number of benzene rings is 2. The fourth-order valence-electron chi connectivity index (χ4n) is 2.44. The standard InChI is InChI=1S/C16H9FN2O2S/c17-9-3-1-8(2-4-9)10-7-21-12-6-5-11-15(13(12)14(10)20)22-16(18)19-11/h1-7H,(H2,18,19). The molecule has 0 bridgehead atoms. The molecule has 4 aromatic rings. The van der Waals surface area contributed by atoms with Gasteiger partial charge in [-0.2, -0.15) is 0 Å². The highest BCUT2D eigenvalue weighted by molar-refractivity contribution is 7.23. The van der Waals surface area contributed by atoms with Crippen LogP contribution >= 0.6 is 11.3 Å². The van der Waals surface area contributed by atoms with E-state index >= 15 is 0 Å². The van der Waals surface area contributed by atoms with Crippen LogP contribution in [0.4, 0.5) is 9.52 Å². The molecule has 108 valence electrons. The number of nitrogens with two attached hydrogens (primary N) is 1. The molecular formula is C16H9FN2O2S. The van der Waals surface area contributed by atoms with E-state index < -0.39 is 0 Å². The SMILES string of the molecule is Nc1nc2ccc3occ(-c4ccc(F)cc4)c(=O)c3c2s1. The van der Waals surface area contributed by atoms with Crippen molar-refractivity contribution in [3.05, 3.63) is 58.7 Å². The maximum absolute atomic E-state index is 13.0. The second-order valence-electron chi connectivity index (χ2n) is 4.82. The number of rotatable bonds is 1. The number of hydrogen-bond acceptors (Lipinski definition) is 5. The van der Waals surface area contributed by atoms with Crippen LogP contribution in [0.15, 0.2) is 51.9 Å². The van der Waals surface area contributed by atoms with E-state index in [2.05, 4.69) is 4.98 Å². The van der Waals surface area contributed by atoms with Crippen molar-refractivity contribution in [1.82, 2.24) is 4.98 Å². The van der Waals surface area contributed by atoms with Crippen LogP contribution in [0.3, 0.4) is 0 Å². The van der Waals surface area contributed by atoms with E-state index in [1.54, 1.807) is 24.3 Å². The van der Waals surface area contributed by atoms with Gasteiger partial charge in [0, 0.05) is 0 Å². The molecule has 6 heteroatoms. The first-order valence-corrected chi connectivity index (χ1v) is 7.31. The molecule has 2 N–H and O–H groups in total. The fourth-order valence-corrected chi connectivity index (χ4v) is 3.31. The first-order valence-electron chi connectivity index (χ1n) is 6.50. The van der Waals surface area contributed by atoms with Crippen molar-refractivity contribution in [3.8, 4) is 11.1 Å². The predicted octanol–water partition coefficient (Wildman–Crippen LogP) is 3.79. The second kappa shape index (κ2) is 4.64. The molecule has 22 heavy (non-hydrogen) atoms. The highest BCUT2D eigenvalue weighted by Crippen LogP contribution is 2.31. The number of nitrogen functional groups attached to an aromatic ring is 1. The third-order valence-corrected chi connectivity index (χ3v) is 4.38. The second-order valence-corrected chi connectivity index (χ2v) is 5.86. The molecule has 0 spiro atoms. The third kappa shape index (κ3) is 1.88. The average Bonchev–Trinajstić information content (AvgIpc) is 2.89. The Morgan fingerprint density at radius 1 is 1.14 bits per heavy atom. The fraction of sp³-hybridized carbons (Fsp3) is 0. The zero-order chi connectivity index (χ0) is 15.3. The summed E-state index contributed by atoms with van der Waals surface area (Å²) in [5.74, 6) is -0.355. The maximum atomic E-state index is 13.0. The molecule has 0 radical (unpaired) electrons. The van der Waals surface area contributed by atoms with Crippen molar-refractivity contribution in [2.45, 2.75) is 0 Å². The molecule has 0 aliphatic heterocycles. The summed E-state index contributed by atoms with van der Waals surface area (Å²) in [4.78, 5) is 17.0. The van der Waals surface area contributed by atoms with Crippen LogP contribution < -0.4 is 11.2 Å². The molecule has 2 aromatic heterocycles. The van der Waals surface area contributed by atoms with E-state index in [9.17, 15) is 9.18 Å². The number of fused-ring (bicyclic) bond motifs is 3. The summed E-state index contributed by atoms with van der Waals surface area (Å²) in [5.41, 5.74) is 7.68. The number of halogens is 1. The molecule has 0 unspecified atom stereocenters. The summed E-state index contributed by atoms with van der Waals surface area (Å²) in [6, 6.07) is 9.19. The first-order chi connectivity index (χ1) is 10.6. The topological polar surface area (TPSA) is 69.1 Å². The number of thiazole rings is 1. The van der Waals surface area contributed by atoms with Crippen LogP contribution in [0.5, 0.6) is 0 Å². The quantitative estimate of drug-likeness (QED) is 0.580. The largest absolute Gasteiger partial charge is 0.463 e.